The number of hydrogen-bond donors (Lipinski definition) is 1. The van der Waals surface area contributed by atoms with Gasteiger partial charge in [0.05, 0.1) is 19.2 Å². The molecule has 0 fully saturated rings. The molecule has 0 aliphatic heterocycles. The maximum atomic E-state index is 13.0. The number of nitrogens with zero attached hydrogens (tertiary/aromatic N) is 2. The van der Waals surface area contributed by atoms with Crippen molar-refractivity contribution in [3.63, 3.8) is 0 Å². The lowest BCUT2D eigenvalue weighted by atomic mass is 10.2. The summed E-state index contributed by atoms with van der Waals surface area (Å²) in [5.41, 5.74) is 1.44. The Morgan fingerprint density at radius 2 is 1.78 bits per heavy atom. The molecule has 2 aromatic carbocycles. The second-order valence-corrected chi connectivity index (χ2v) is 7.48. The van der Waals surface area contributed by atoms with E-state index in [1.165, 1.54) is 27.8 Å². The van der Waals surface area contributed by atoms with Gasteiger partial charge < -0.3 is 19.5 Å². The predicted molar refractivity (Wildman–Crippen MR) is 124 cm³/mol. The topological polar surface area (TPSA) is 80.6 Å². The molecule has 1 N–H and O–H groups in total. The zero-order valence-corrected chi connectivity index (χ0v) is 18.6. The van der Waals surface area contributed by atoms with Gasteiger partial charge in [-0.05, 0) is 48.9 Å². The van der Waals surface area contributed by atoms with E-state index in [1.807, 2.05) is 18.2 Å². The standard InChI is InChI=1S/C24H24ClN3O4/c1-3-27(16-22(29)26-19-9-11-20(32-2)12-10-19)24(31)18-8-13-23(30)28(15-18)14-17-6-4-5-7-21(17)25/h4-13,15H,3,14,16H2,1-2H3,(H,26,29). The van der Waals surface area contributed by atoms with Crippen LogP contribution in [0.2, 0.25) is 5.02 Å². The summed E-state index contributed by atoms with van der Waals surface area (Å²) in [4.78, 5) is 39.2. The maximum Gasteiger partial charge on any atom is 0.255 e. The van der Waals surface area contributed by atoms with Crippen molar-refractivity contribution >= 4 is 29.1 Å². The van der Waals surface area contributed by atoms with Gasteiger partial charge in [0.1, 0.15) is 12.3 Å². The van der Waals surface area contributed by atoms with Gasteiger partial charge in [-0.25, -0.2) is 0 Å². The highest BCUT2D eigenvalue weighted by atomic mass is 35.5. The zero-order valence-electron chi connectivity index (χ0n) is 17.9. The van der Waals surface area contributed by atoms with Crippen molar-refractivity contribution in [3.8, 4) is 5.75 Å². The number of rotatable bonds is 8. The molecule has 0 radical (unpaired) electrons. The Morgan fingerprint density at radius 3 is 2.44 bits per heavy atom. The number of amides is 2. The van der Waals surface area contributed by atoms with Gasteiger partial charge in [-0.15, -0.1) is 0 Å². The van der Waals surface area contributed by atoms with E-state index in [1.54, 1.807) is 44.4 Å². The fraction of sp³-hybridized carbons (Fsp3) is 0.208. The van der Waals surface area contributed by atoms with Crippen molar-refractivity contribution in [1.82, 2.24) is 9.47 Å². The molecule has 0 spiro atoms. The van der Waals surface area contributed by atoms with Crippen molar-refractivity contribution in [1.29, 1.82) is 0 Å². The van der Waals surface area contributed by atoms with Crippen LogP contribution in [0.1, 0.15) is 22.8 Å². The van der Waals surface area contributed by atoms with Crippen LogP contribution in [0.3, 0.4) is 0 Å². The van der Waals surface area contributed by atoms with Gasteiger partial charge in [-0.2, -0.15) is 0 Å². The van der Waals surface area contributed by atoms with Crippen LogP contribution in [0.4, 0.5) is 5.69 Å². The van der Waals surface area contributed by atoms with Crippen molar-refractivity contribution in [2.24, 2.45) is 0 Å². The number of anilines is 1. The highest BCUT2D eigenvalue weighted by molar-refractivity contribution is 6.31. The second kappa shape index (κ2) is 10.6. The molecule has 8 heteroatoms. The van der Waals surface area contributed by atoms with E-state index in [0.29, 0.717) is 28.6 Å². The van der Waals surface area contributed by atoms with E-state index >= 15 is 0 Å². The number of carbonyl (C=O) groups excluding carboxylic acids is 2. The fourth-order valence-corrected chi connectivity index (χ4v) is 3.35. The lowest BCUT2D eigenvalue weighted by Gasteiger charge is -2.21. The van der Waals surface area contributed by atoms with Gasteiger partial charge in [0.2, 0.25) is 5.91 Å². The van der Waals surface area contributed by atoms with Crippen LogP contribution in [-0.4, -0.2) is 41.5 Å². The minimum absolute atomic E-state index is 0.120. The quantitative estimate of drug-likeness (QED) is 0.564. The Morgan fingerprint density at radius 1 is 1.06 bits per heavy atom. The molecular weight excluding hydrogens is 430 g/mol. The molecule has 3 aromatic rings. The molecule has 3 rings (SSSR count). The molecule has 32 heavy (non-hydrogen) atoms. The second-order valence-electron chi connectivity index (χ2n) is 7.07. The maximum absolute atomic E-state index is 13.0. The normalized spacial score (nSPS) is 10.5. The number of hydrogen-bond acceptors (Lipinski definition) is 4. The third-order valence-corrected chi connectivity index (χ3v) is 5.27. The third-order valence-electron chi connectivity index (χ3n) is 4.91. The van der Waals surface area contributed by atoms with Crippen LogP contribution in [0.5, 0.6) is 5.75 Å². The van der Waals surface area contributed by atoms with Crippen molar-refractivity contribution in [2.45, 2.75) is 13.5 Å². The minimum Gasteiger partial charge on any atom is -0.497 e. The molecule has 0 aliphatic rings. The molecule has 0 saturated carbocycles. The average molecular weight is 454 g/mol. The largest absolute Gasteiger partial charge is 0.497 e. The van der Waals surface area contributed by atoms with E-state index in [2.05, 4.69) is 5.32 Å². The van der Waals surface area contributed by atoms with Crippen molar-refractivity contribution < 1.29 is 14.3 Å². The number of methoxy groups -OCH3 is 1. The number of aromatic nitrogens is 1. The summed E-state index contributed by atoms with van der Waals surface area (Å²) in [5.74, 6) is 0.0142. The summed E-state index contributed by atoms with van der Waals surface area (Å²) in [6, 6.07) is 16.9. The lowest BCUT2D eigenvalue weighted by molar-refractivity contribution is -0.116. The summed E-state index contributed by atoms with van der Waals surface area (Å²) in [6.07, 6.45) is 1.50. The molecular formula is C24H24ClN3O4. The number of pyridine rings is 1. The van der Waals surface area contributed by atoms with Gasteiger partial charge in [-0.3, -0.25) is 14.4 Å². The molecule has 2 amide bonds. The van der Waals surface area contributed by atoms with Crippen LogP contribution in [0, 0.1) is 0 Å². The van der Waals surface area contributed by atoms with Gasteiger partial charge in [-0.1, -0.05) is 29.8 Å². The van der Waals surface area contributed by atoms with E-state index < -0.39 is 0 Å². The molecule has 1 aromatic heterocycles. The molecule has 1 heterocycles. The van der Waals surface area contributed by atoms with Gasteiger partial charge in [0.25, 0.3) is 11.5 Å². The van der Waals surface area contributed by atoms with E-state index in [-0.39, 0.29) is 30.5 Å². The number of nitrogens with one attached hydrogen (secondary N) is 1. The third kappa shape index (κ3) is 5.76. The molecule has 0 saturated heterocycles. The van der Waals surface area contributed by atoms with Gasteiger partial charge in [0, 0.05) is 29.5 Å². The molecule has 0 atom stereocenters. The molecule has 166 valence electrons. The Bertz CT molecular complexity index is 1160. The molecule has 7 nitrogen and oxygen atoms in total. The first-order valence-electron chi connectivity index (χ1n) is 10.1. The Labute approximate surface area is 191 Å². The van der Waals surface area contributed by atoms with Gasteiger partial charge >= 0.3 is 0 Å². The number of ether oxygens (including phenoxy) is 1. The van der Waals surface area contributed by atoms with Crippen LogP contribution in [0.25, 0.3) is 0 Å². The SMILES string of the molecule is CCN(CC(=O)Nc1ccc(OC)cc1)C(=O)c1ccc(=O)n(Cc2ccccc2Cl)c1. The summed E-state index contributed by atoms with van der Waals surface area (Å²) >= 11 is 6.20. The number of benzene rings is 2. The van der Waals surface area contributed by atoms with Crippen LogP contribution in [0.15, 0.2) is 71.7 Å². The average Bonchev–Trinajstić information content (AvgIpc) is 2.80. The number of carbonyl (C=O) groups is 2. The summed E-state index contributed by atoms with van der Waals surface area (Å²) in [7, 11) is 1.57. The minimum atomic E-state index is -0.342. The first-order valence-corrected chi connectivity index (χ1v) is 10.5. The highest BCUT2D eigenvalue weighted by Crippen LogP contribution is 2.17. The highest BCUT2D eigenvalue weighted by Gasteiger charge is 2.18. The van der Waals surface area contributed by atoms with Crippen molar-refractivity contribution in [2.75, 3.05) is 25.5 Å². The summed E-state index contributed by atoms with van der Waals surface area (Å²) in [5, 5.41) is 3.31. The van der Waals surface area contributed by atoms with Crippen LogP contribution < -0.4 is 15.6 Å². The molecule has 0 bridgehead atoms. The zero-order chi connectivity index (χ0) is 23.1. The van der Waals surface area contributed by atoms with Crippen LogP contribution >= 0.6 is 11.6 Å². The lowest BCUT2D eigenvalue weighted by Crippen LogP contribution is -2.38. The number of likely N-dealkylation sites (N-methyl/N-ethyl adjacent to an activating group) is 1. The van der Waals surface area contributed by atoms with Crippen molar-refractivity contribution in [3.05, 3.63) is 93.4 Å². The Hall–Kier alpha value is -3.58. The first-order chi connectivity index (χ1) is 15.4. The first kappa shape index (κ1) is 23.1. The van der Waals surface area contributed by atoms with E-state index in [4.69, 9.17) is 16.3 Å². The van der Waals surface area contributed by atoms with Gasteiger partial charge in [0.15, 0.2) is 0 Å². The number of halogens is 1. The monoisotopic (exact) mass is 453 g/mol. The van der Waals surface area contributed by atoms with E-state index in [9.17, 15) is 14.4 Å². The molecule has 0 aliphatic carbocycles. The Kier molecular flexibility index (Phi) is 7.68. The molecule has 0 unspecified atom stereocenters. The van der Waals surface area contributed by atoms with E-state index in [0.717, 1.165) is 5.56 Å². The van der Waals surface area contributed by atoms with Crippen LogP contribution in [-0.2, 0) is 11.3 Å². The Balaban J connectivity index is 1.72. The summed E-state index contributed by atoms with van der Waals surface area (Å²) < 4.78 is 6.53. The summed E-state index contributed by atoms with van der Waals surface area (Å²) in [6.45, 7) is 2.24. The fourth-order valence-electron chi connectivity index (χ4n) is 3.15. The predicted octanol–water partition coefficient (Wildman–Crippen LogP) is 3.66. The smallest absolute Gasteiger partial charge is 0.255 e.